The molecule has 0 heterocycles. The minimum atomic E-state index is -0.151. The summed E-state index contributed by atoms with van der Waals surface area (Å²) in [5, 5.41) is 3.03. The summed E-state index contributed by atoms with van der Waals surface area (Å²) in [4.78, 5) is 12.2. The number of carbonyl (C=O) groups excluding carboxylic acids is 1. The highest BCUT2D eigenvalue weighted by atomic mass is 16.5. The standard InChI is InChI=1S/C13H18N2O2/c1-13(7-4-8-13)15-12(16)11-9(14)5-3-6-10(11)17-2/h3,5-6H,4,7-8,14H2,1-2H3,(H,15,16). The third-order valence-corrected chi connectivity index (χ3v) is 3.38. The predicted octanol–water partition coefficient (Wildman–Crippen LogP) is 1.95. The Balaban J connectivity index is 2.24. The van der Waals surface area contributed by atoms with Gasteiger partial charge in [0.2, 0.25) is 0 Å². The predicted molar refractivity (Wildman–Crippen MR) is 67.1 cm³/mol. The summed E-state index contributed by atoms with van der Waals surface area (Å²) in [6, 6.07) is 5.23. The average molecular weight is 234 g/mol. The summed E-state index contributed by atoms with van der Waals surface area (Å²) in [5.74, 6) is 0.368. The number of nitrogens with two attached hydrogens (primary N) is 1. The van der Waals surface area contributed by atoms with E-state index in [1.807, 2.05) is 0 Å². The van der Waals surface area contributed by atoms with Crippen LogP contribution >= 0.6 is 0 Å². The Morgan fingerprint density at radius 2 is 2.18 bits per heavy atom. The molecule has 0 radical (unpaired) electrons. The van der Waals surface area contributed by atoms with Gasteiger partial charge < -0.3 is 15.8 Å². The van der Waals surface area contributed by atoms with E-state index in [2.05, 4.69) is 12.2 Å². The average Bonchev–Trinajstić information content (AvgIpc) is 2.26. The van der Waals surface area contributed by atoms with E-state index in [1.54, 1.807) is 18.2 Å². The van der Waals surface area contributed by atoms with Crippen molar-refractivity contribution in [2.24, 2.45) is 0 Å². The lowest BCUT2D eigenvalue weighted by atomic mass is 9.78. The van der Waals surface area contributed by atoms with Crippen LogP contribution in [0.1, 0.15) is 36.5 Å². The van der Waals surface area contributed by atoms with Crippen molar-refractivity contribution in [3.8, 4) is 5.75 Å². The molecule has 0 aromatic heterocycles. The van der Waals surface area contributed by atoms with Gasteiger partial charge in [-0.25, -0.2) is 0 Å². The number of methoxy groups -OCH3 is 1. The van der Waals surface area contributed by atoms with Crippen molar-refractivity contribution in [2.45, 2.75) is 31.7 Å². The number of benzene rings is 1. The quantitative estimate of drug-likeness (QED) is 0.786. The van der Waals surface area contributed by atoms with E-state index in [0.29, 0.717) is 17.0 Å². The van der Waals surface area contributed by atoms with Gasteiger partial charge in [0.25, 0.3) is 5.91 Å². The fourth-order valence-corrected chi connectivity index (χ4v) is 2.13. The topological polar surface area (TPSA) is 64.3 Å². The third kappa shape index (κ3) is 2.20. The van der Waals surface area contributed by atoms with Crippen molar-refractivity contribution in [1.29, 1.82) is 0 Å². The molecule has 0 atom stereocenters. The van der Waals surface area contributed by atoms with Gasteiger partial charge in [-0.2, -0.15) is 0 Å². The van der Waals surface area contributed by atoms with Gasteiger partial charge in [-0.15, -0.1) is 0 Å². The second kappa shape index (κ2) is 4.28. The van der Waals surface area contributed by atoms with Gasteiger partial charge in [0, 0.05) is 11.2 Å². The van der Waals surface area contributed by atoms with E-state index in [1.165, 1.54) is 7.11 Å². The Labute approximate surface area is 101 Å². The fraction of sp³-hybridized carbons (Fsp3) is 0.462. The van der Waals surface area contributed by atoms with Gasteiger partial charge in [-0.1, -0.05) is 6.07 Å². The van der Waals surface area contributed by atoms with Crippen LogP contribution in [0.2, 0.25) is 0 Å². The summed E-state index contributed by atoms with van der Waals surface area (Å²) >= 11 is 0. The fourth-order valence-electron chi connectivity index (χ4n) is 2.13. The van der Waals surface area contributed by atoms with Crippen LogP contribution in [0.15, 0.2) is 18.2 Å². The minimum Gasteiger partial charge on any atom is -0.496 e. The number of nitrogen functional groups attached to an aromatic ring is 1. The van der Waals surface area contributed by atoms with Crippen molar-refractivity contribution in [2.75, 3.05) is 12.8 Å². The Kier molecular flexibility index (Phi) is 2.96. The molecule has 0 bridgehead atoms. The number of hydrogen-bond donors (Lipinski definition) is 2. The van der Waals surface area contributed by atoms with Crippen molar-refractivity contribution >= 4 is 11.6 Å². The first kappa shape index (κ1) is 11.8. The van der Waals surface area contributed by atoms with Crippen molar-refractivity contribution in [3.63, 3.8) is 0 Å². The zero-order chi connectivity index (χ0) is 12.5. The van der Waals surface area contributed by atoms with Gasteiger partial charge >= 0.3 is 0 Å². The maximum Gasteiger partial charge on any atom is 0.257 e. The van der Waals surface area contributed by atoms with Crippen molar-refractivity contribution < 1.29 is 9.53 Å². The SMILES string of the molecule is COc1cccc(N)c1C(=O)NC1(C)CCC1. The van der Waals surface area contributed by atoms with Gasteiger partial charge in [0.1, 0.15) is 11.3 Å². The van der Waals surface area contributed by atoms with E-state index < -0.39 is 0 Å². The van der Waals surface area contributed by atoms with Crippen LogP contribution in [0.3, 0.4) is 0 Å². The normalized spacial score (nSPS) is 17.1. The minimum absolute atomic E-state index is 0.0790. The molecule has 2 rings (SSSR count). The highest BCUT2D eigenvalue weighted by Gasteiger charge is 2.34. The molecule has 1 fully saturated rings. The van der Waals surface area contributed by atoms with E-state index in [0.717, 1.165) is 19.3 Å². The van der Waals surface area contributed by atoms with Gasteiger partial charge in [-0.05, 0) is 38.3 Å². The first-order valence-corrected chi connectivity index (χ1v) is 5.81. The first-order valence-electron chi connectivity index (χ1n) is 5.81. The van der Waals surface area contributed by atoms with Crippen LogP contribution in [0.5, 0.6) is 5.75 Å². The molecule has 0 saturated heterocycles. The molecular weight excluding hydrogens is 216 g/mol. The lowest BCUT2D eigenvalue weighted by Crippen LogP contribution is -2.51. The second-order valence-corrected chi connectivity index (χ2v) is 4.79. The molecular formula is C13H18N2O2. The number of nitrogens with one attached hydrogen (secondary N) is 1. The first-order chi connectivity index (χ1) is 8.06. The number of anilines is 1. The van der Waals surface area contributed by atoms with Gasteiger partial charge in [0.15, 0.2) is 0 Å². The third-order valence-electron chi connectivity index (χ3n) is 3.38. The van der Waals surface area contributed by atoms with Crippen LogP contribution in [0, 0.1) is 0 Å². The van der Waals surface area contributed by atoms with E-state index >= 15 is 0 Å². The van der Waals surface area contributed by atoms with Crippen LogP contribution in [0.4, 0.5) is 5.69 Å². The van der Waals surface area contributed by atoms with E-state index in [9.17, 15) is 4.79 Å². The number of rotatable bonds is 3. The highest BCUT2D eigenvalue weighted by Crippen LogP contribution is 2.32. The molecule has 1 amide bonds. The number of carbonyl (C=O) groups is 1. The highest BCUT2D eigenvalue weighted by molar-refractivity contribution is 6.02. The summed E-state index contributed by atoms with van der Waals surface area (Å²) < 4.78 is 5.17. The zero-order valence-corrected chi connectivity index (χ0v) is 10.2. The second-order valence-electron chi connectivity index (χ2n) is 4.79. The van der Waals surface area contributed by atoms with Crippen LogP contribution < -0.4 is 15.8 Å². The summed E-state index contributed by atoms with van der Waals surface area (Å²) in [5.41, 5.74) is 6.64. The Bertz CT molecular complexity index is 439. The van der Waals surface area contributed by atoms with Crippen molar-refractivity contribution in [1.82, 2.24) is 5.32 Å². The van der Waals surface area contributed by atoms with Crippen LogP contribution in [0.25, 0.3) is 0 Å². The lowest BCUT2D eigenvalue weighted by Gasteiger charge is -2.39. The molecule has 4 heteroatoms. The molecule has 92 valence electrons. The molecule has 1 aromatic carbocycles. The lowest BCUT2D eigenvalue weighted by molar-refractivity contribution is 0.0848. The maximum absolute atomic E-state index is 12.2. The molecule has 1 aliphatic carbocycles. The number of hydrogen-bond acceptors (Lipinski definition) is 3. The van der Waals surface area contributed by atoms with E-state index in [-0.39, 0.29) is 11.4 Å². The van der Waals surface area contributed by atoms with Crippen LogP contribution in [-0.4, -0.2) is 18.6 Å². The summed E-state index contributed by atoms with van der Waals surface area (Å²) in [7, 11) is 1.54. The molecule has 3 N–H and O–H groups in total. The molecule has 1 aliphatic rings. The van der Waals surface area contributed by atoms with Crippen molar-refractivity contribution in [3.05, 3.63) is 23.8 Å². The molecule has 0 spiro atoms. The van der Waals surface area contributed by atoms with E-state index in [4.69, 9.17) is 10.5 Å². The Hall–Kier alpha value is -1.71. The summed E-state index contributed by atoms with van der Waals surface area (Å²) in [6.45, 7) is 2.06. The maximum atomic E-state index is 12.2. The largest absolute Gasteiger partial charge is 0.496 e. The monoisotopic (exact) mass is 234 g/mol. The molecule has 1 saturated carbocycles. The zero-order valence-electron chi connectivity index (χ0n) is 10.2. The molecule has 4 nitrogen and oxygen atoms in total. The molecule has 1 aromatic rings. The number of amides is 1. The Morgan fingerprint density at radius 1 is 1.47 bits per heavy atom. The van der Waals surface area contributed by atoms with Gasteiger partial charge in [-0.3, -0.25) is 4.79 Å². The smallest absolute Gasteiger partial charge is 0.257 e. The molecule has 17 heavy (non-hydrogen) atoms. The number of ether oxygens (including phenoxy) is 1. The van der Waals surface area contributed by atoms with Crippen LogP contribution in [-0.2, 0) is 0 Å². The van der Waals surface area contributed by atoms with Gasteiger partial charge in [0.05, 0.1) is 7.11 Å². The molecule has 0 unspecified atom stereocenters. The summed E-state index contributed by atoms with van der Waals surface area (Å²) in [6.07, 6.45) is 3.21. The molecule has 0 aliphatic heterocycles. The Morgan fingerprint density at radius 3 is 2.71 bits per heavy atom.